The number of aromatic nitrogens is 1. The number of benzene rings is 1. The lowest BCUT2D eigenvalue weighted by Gasteiger charge is -2.29. The highest BCUT2D eigenvalue weighted by Crippen LogP contribution is 2.20. The fourth-order valence-electron chi connectivity index (χ4n) is 2.16. The molecule has 0 radical (unpaired) electrons. The second kappa shape index (κ2) is 7.78. The van der Waals surface area contributed by atoms with Crippen LogP contribution in [0.25, 0.3) is 0 Å². The quantitative estimate of drug-likeness (QED) is 0.743. The number of hydrogen-bond donors (Lipinski definition) is 0. The summed E-state index contributed by atoms with van der Waals surface area (Å²) >= 11 is 13.3. The third-order valence-electron chi connectivity index (χ3n) is 3.28. The number of carbonyl (C=O) groups excluding carboxylic acids is 1. The van der Waals surface area contributed by atoms with Gasteiger partial charge in [-0.15, -0.1) is 11.6 Å². The Kier molecular flexibility index (Phi) is 6.03. The molecule has 1 amide bonds. The summed E-state index contributed by atoms with van der Waals surface area (Å²) in [6, 6.07) is 7.70. The van der Waals surface area contributed by atoms with E-state index in [-0.39, 0.29) is 17.8 Å². The molecule has 0 aliphatic rings. The fourth-order valence-corrected chi connectivity index (χ4v) is 3.05. The Balaban J connectivity index is 2.12. The monoisotopic (exact) mass is 342 g/mol. The molecule has 0 aliphatic carbocycles. The smallest absolute Gasteiger partial charge is 0.238 e. The number of rotatable bonds is 6. The summed E-state index contributed by atoms with van der Waals surface area (Å²) in [5.41, 5.74) is 2.05. The maximum absolute atomic E-state index is 12.1. The van der Waals surface area contributed by atoms with Gasteiger partial charge in [-0.25, -0.2) is 4.37 Å². The molecular weight excluding hydrogens is 327 g/mol. The molecule has 0 fully saturated rings. The van der Waals surface area contributed by atoms with E-state index in [1.165, 1.54) is 11.5 Å². The minimum absolute atomic E-state index is 0.0102. The molecule has 0 saturated carbocycles. The number of nitrogens with zero attached hydrogens (tertiary/aromatic N) is 2. The van der Waals surface area contributed by atoms with Crippen molar-refractivity contribution < 1.29 is 4.79 Å². The first-order valence-corrected chi connectivity index (χ1v) is 8.33. The van der Waals surface area contributed by atoms with Crippen LogP contribution in [-0.4, -0.2) is 27.1 Å². The van der Waals surface area contributed by atoms with Crippen LogP contribution in [0.1, 0.15) is 18.1 Å². The van der Waals surface area contributed by atoms with Gasteiger partial charge in [0.2, 0.25) is 5.91 Å². The Morgan fingerprint density at radius 2 is 2.19 bits per heavy atom. The molecule has 112 valence electrons. The lowest BCUT2D eigenvalue weighted by Crippen LogP contribution is -2.40. The Bertz CT molecular complexity index is 589. The van der Waals surface area contributed by atoms with E-state index in [0.717, 1.165) is 16.1 Å². The van der Waals surface area contributed by atoms with E-state index >= 15 is 0 Å². The topological polar surface area (TPSA) is 33.2 Å². The van der Waals surface area contributed by atoms with Crippen LogP contribution in [0, 0.1) is 0 Å². The minimum atomic E-state index is -0.0811. The number of carbonyl (C=O) groups is 1. The molecule has 1 atom stereocenters. The maximum Gasteiger partial charge on any atom is 0.238 e. The van der Waals surface area contributed by atoms with Crippen LogP contribution in [0.3, 0.4) is 0 Å². The second-order valence-corrected chi connectivity index (χ2v) is 6.16. The van der Waals surface area contributed by atoms with Crippen molar-refractivity contribution in [2.24, 2.45) is 0 Å². The SMILES string of the molecule is CC(Cc1ccccc1Cl)N(Cc1cnsc1)C(=O)CCl. The van der Waals surface area contributed by atoms with Gasteiger partial charge in [0.05, 0.1) is 0 Å². The van der Waals surface area contributed by atoms with Gasteiger partial charge in [-0.2, -0.15) is 0 Å². The van der Waals surface area contributed by atoms with E-state index in [4.69, 9.17) is 23.2 Å². The van der Waals surface area contributed by atoms with Crippen LogP contribution in [0.2, 0.25) is 5.02 Å². The molecule has 0 bridgehead atoms. The van der Waals surface area contributed by atoms with Crippen molar-refractivity contribution in [1.29, 1.82) is 0 Å². The molecule has 1 unspecified atom stereocenters. The summed E-state index contributed by atoms with van der Waals surface area (Å²) in [5.74, 6) is -0.104. The van der Waals surface area contributed by atoms with Crippen molar-refractivity contribution in [2.45, 2.75) is 25.9 Å². The van der Waals surface area contributed by atoms with E-state index in [2.05, 4.69) is 4.37 Å². The minimum Gasteiger partial charge on any atom is -0.334 e. The number of amides is 1. The molecule has 6 heteroatoms. The van der Waals surface area contributed by atoms with Gasteiger partial charge in [0.1, 0.15) is 5.88 Å². The van der Waals surface area contributed by atoms with E-state index in [9.17, 15) is 4.79 Å². The van der Waals surface area contributed by atoms with Gasteiger partial charge >= 0.3 is 0 Å². The van der Waals surface area contributed by atoms with Crippen molar-refractivity contribution in [3.05, 3.63) is 52.0 Å². The highest BCUT2D eigenvalue weighted by atomic mass is 35.5. The van der Waals surface area contributed by atoms with Gasteiger partial charge in [0.15, 0.2) is 0 Å². The zero-order valence-corrected chi connectivity index (χ0v) is 14.0. The van der Waals surface area contributed by atoms with Crippen LogP contribution in [0.5, 0.6) is 0 Å². The third-order valence-corrected chi connectivity index (χ3v) is 4.51. The van der Waals surface area contributed by atoms with Crippen LogP contribution < -0.4 is 0 Å². The zero-order valence-electron chi connectivity index (χ0n) is 11.6. The Labute approximate surface area is 138 Å². The molecule has 21 heavy (non-hydrogen) atoms. The predicted octanol–water partition coefficient (Wildman–Crippen LogP) is 4.00. The van der Waals surface area contributed by atoms with Crippen LogP contribution in [-0.2, 0) is 17.8 Å². The molecule has 1 aromatic carbocycles. The van der Waals surface area contributed by atoms with Crippen LogP contribution in [0.4, 0.5) is 0 Å². The Morgan fingerprint density at radius 1 is 1.43 bits per heavy atom. The standard InChI is InChI=1S/C15H16Cl2N2OS/c1-11(6-13-4-2-3-5-14(13)17)19(15(20)7-16)9-12-8-18-21-10-12/h2-5,8,10-11H,6-7,9H2,1H3. The number of hydrogen-bond acceptors (Lipinski definition) is 3. The van der Waals surface area contributed by atoms with Crippen molar-refractivity contribution in [3.8, 4) is 0 Å². The summed E-state index contributed by atoms with van der Waals surface area (Å²) in [6.45, 7) is 2.53. The normalized spacial score (nSPS) is 12.1. The fraction of sp³-hybridized carbons (Fsp3) is 0.333. The van der Waals surface area contributed by atoms with Crippen molar-refractivity contribution in [1.82, 2.24) is 9.27 Å². The first-order chi connectivity index (χ1) is 10.1. The van der Waals surface area contributed by atoms with Crippen LogP contribution >= 0.6 is 34.7 Å². The molecule has 3 nitrogen and oxygen atoms in total. The Morgan fingerprint density at radius 3 is 2.81 bits per heavy atom. The molecular formula is C15H16Cl2N2OS. The van der Waals surface area contributed by atoms with E-state index < -0.39 is 0 Å². The molecule has 1 heterocycles. The van der Waals surface area contributed by atoms with Gasteiger partial charge in [0, 0.05) is 34.7 Å². The van der Waals surface area contributed by atoms with E-state index in [1.807, 2.05) is 36.6 Å². The van der Waals surface area contributed by atoms with Gasteiger partial charge in [-0.1, -0.05) is 29.8 Å². The molecule has 2 rings (SSSR count). The van der Waals surface area contributed by atoms with Gasteiger partial charge in [-0.3, -0.25) is 4.79 Å². The first kappa shape index (κ1) is 16.3. The van der Waals surface area contributed by atoms with Gasteiger partial charge in [0.25, 0.3) is 0 Å². The molecule has 2 aromatic rings. The van der Waals surface area contributed by atoms with Crippen LogP contribution in [0.15, 0.2) is 35.8 Å². The predicted molar refractivity (Wildman–Crippen MR) is 88.0 cm³/mol. The second-order valence-electron chi connectivity index (χ2n) is 4.83. The van der Waals surface area contributed by atoms with Crippen molar-refractivity contribution in [3.63, 3.8) is 0 Å². The van der Waals surface area contributed by atoms with E-state index in [1.54, 1.807) is 11.1 Å². The summed E-state index contributed by atoms with van der Waals surface area (Å²) in [5, 5.41) is 2.66. The molecule has 0 aliphatic heterocycles. The van der Waals surface area contributed by atoms with Gasteiger partial charge < -0.3 is 4.90 Å². The van der Waals surface area contributed by atoms with E-state index in [0.29, 0.717) is 13.0 Å². The summed E-state index contributed by atoms with van der Waals surface area (Å²) in [7, 11) is 0. The maximum atomic E-state index is 12.1. The Hall–Kier alpha value is -1.10. The molecule has 1 aromatic heterocycles. The van der Waals surface area contributed by atoms with Crippen molar-refractivity contribution >= 4 is 40.6 Å². The average Bonchev–Trinajstić information content (AvgIpc) is 2.99. The zero-order chi connectivity index (χ0) is 15.2. The van der Waals surface area contributed by atoms with Gasteiger partial charge in [-0.05, 0) is 36.5 Å². The lowest BCUT2D eigenvalue weighted by atomic mass is 10.1. The van der Waals surface area contributed by atoms with Crippen molar-refractivity contribution in [2.75, 3.05) is 5.88 Å². The lowest BCUT2D eigenvalue weighted by molar-refractivity contribution is -0.131. The molecule has 0 saturated heterocycles. The summed E-state index contributed by atoms with van der Waals surface area (Å²) < 4.78 is 4.07. The first-order valence-electron chi connectivity index (χ1n) is 6.59. The molecule has 0 spiro atoms. The largest absolute Gasteiger partial charge is 0.334 e. The highest BCUT2D eigenvalue weighted by molar-refractivity contribution is 7.03. The highest BCUT2D eigenvalue weighted by Gasteiger charge is 2.21. The third kappa shape index (κ3) is 4.43. The summed E-state index contributed by atoms with van der Waals surface area (Å²) in [6.07, 6.45) is 2.47. The summed E-state index contributed by atoms with van der Waals surface area (Å²) in [4.78, 5) is 13.9. The number of halogens is 2. The number of alkyl halides is 1. The molecule has 0 N–H and O–H groups in total. The average molecular weight is 343 g/mol.